The van der Waals surface area contributed by atoms with Crippen molar-refractivity contribution in [2.24, 2.45) is 4.99 Å². The average molecular weight is 582 g/mol. The summed E-state index contributed by atoms with van der Waals surface area (Å²) >= 11 is 12.5. The van der Waals surface area contributed by atoms with Crippen LogP contribution >= 0.6 is 23.2 Å². The van der Waals surface area contributed by atoms with Crippen LogP contribution in [0.15, 0.2) is 71.7 Å². The second-order valence-electron chi connectivity index (χ2n) is 9.90. The van der Waals surface area contributed by atoms with Gasteiger partial charge in [-0.1, -0.05) is 47.5 Å². The SMILES string of the molecule is COc1ccc(C2=N[C@H](c3ccc(Cl)cc3)[C@@H](c3ccc(Cl)cc3)N2C(=O)N2CCNC(=O)C2)c(OC(C)C)c1. The molecule has 1 fully saturated rings. The number of ether oxygens (including phenoxy) is 2. The van der Waals surface area contributed by atoms with Crippen molar-refractivity contribution in [3.8, 4) is 11.5 Å². The fourth-order valence-corrected chi connectivity index (χ4v) is 5.23. The summed E-state index contributed by atoms with van der Waals surface area (Å²) in [5.41, 5.74) is 2.37. The fraction of sp³-hybridized carbons (Fsp3) is 0.300. The Labute approximate surface area is 243 Å². The van der Waals surface area contributed by atoms with Crippen molar-refractivity contribution in [2.75, 3.05) is 26.7 Å². The quantitative estimate of drug-likeness (QED) is 0.394. The van der Waals surface area contributed by atoms with E-state index < -0.39 is 12.1 Å². The molecule has 0 aliphatic carbocycles. The number of benzene rings is 3. The molecule has 2 heterocycles. The number of halogens is 2. The maximum Gasteiger partial charge on any atom is 0.326 e. The molecule has 10 heteroatoms. The van der Waals surface area contributed by atoms with Gasteiger partial charge in [-0.25, -0.2) is 4.79 Å². The largest absolute Gasteiger partial charge is 0.497 e. The number of hydrogen-bond acceptors (Lipinski definition) is 5. The van der Waals surface area contributed by atoms with E-state index in [2.05, 4.69) is 5.32 Å². The smallest absolute Gasteiger partial charge is 0.326 e. The molecule has 8 nitrogen and oxygen atoms in total. The normalized spacial score (nSPS) is 18.9. The zero-order valence-corrected chi connectivity index (χ0v) is 23.9. The summed E-state index contributed by atoms with van der Waals surface area (Å²) in [6.07, 6.45) is -0.137. The van der Waals surface area contributed by atoms with Gasteiger partial charge in [-0.15, -0.1) is 0 Å². The van der Waals surface area contributed by atoms with Crippen molar-refractivity contribution in [2.45, 2.75) is 32.0 Å². The molecule has 3 aromatic carbocycles. The highest BCUT2D eigenvalue weighted by Crippen LogP contribution is 2.45. The number of nitrogens with zero attached hydrogens (tertiary/aromatic N) is 3. The Morgan fingerprint density at radius 2 is 1.65 bits per heavy atom. The van der Waals surface area contributed by atoms with Gasteiger partial charge in [0.1, 0.15) is 29.9 Å². The van der Waals surface area contributed by atoms with Crippen molar-refractivity contribution in [1.29, 1.82) is 0 Å². The summed E-state index contributed by atoms with van der Waals surface area (Å²) in [5.74, 6) is 1.39. The second kappa shape index (κ2) is 11.8. The van der Waals surface area contributed by atoms with Gasteiger partial charge in [0.15, 0.2) is 0 Å². The maximum absolute atomic E-state index is 14.3. The average Bonchev–Trinajstić information content (AvgIpc) is 3.33. The van der Waals surface area contributed by atoms with Crippen LogP contribution in [0.25, 0.3) is 0 Å². The van der Waals surface area contributed by atoms with Crippen LogP contribution in [0.1, 0.15) is 42.6 Å². The van der Waals surface area contributed by atoms with Crippen molar-refractivity contribution in [3.05, 3.63) is 93.5 Å². The van der Waals surface area contributed by atoms with Crippen LogP contribution in [-0.4, -0.2) is 60.4 Å². The number of hydrogen-bond donors (Lipinski definition) is 1. The van der Waals surface area contributed by atoms with Crippen LogP contribution < -0.4 is 14.8 Å². The van der Waals surface area contributed by atoms with Crippen LogP contribution in [0.4, 0.5) is 4.79 Å². The zero-order valence-electron chi connectivity index (χ0n) is 22.4. The van der Waals surface area contributed by atoms with Gasteiger partial charge in [-0.2, -0.15) is 0 Å². The molecule has 2 aliphatic rings. The van der Waals surface area contributed by atoms with Gasteiger partial charge < -0.3 is 19.7 Å². The number of amidine groups is 1. The predicted octanol–water partition coefficient (Wildman–Crippen LogP) is 5.89. The number of carbonyl (C=O) groups excluding carboxylic acids is 2. The Bertz CT molecular complexity index is 1430. The Morgan fingerprint density at radius 3 is 2.25 bits per heavy atom. The molecule has 0 unspecified atom stereocenters. The Kier molecular flexibility index (Phi) is 8.19. The highest BCUT2D eigenvalue weighted by atomic mass is 35.5. The van der Waals surface area contributed by atoms with E-state index in [1.165, 1.54) is 0 Å². The molecule has 0 aromatic heterocycles. The number of carbonyl (C=O) groups is 2. The first-order valence-electron chi connectivity index (χ1n) is 13.0. The fourth-order valence-electron chi connectivity index (χ4n) is 4.97. The van der Waals surface area contributed by atoms with E-state index in [1.54, 1.807) is 35.1 Å². The molecule has 1 saturated heterocycles. The van der Waals surface area contributed by atoms with E-state index in [9.17, 15) is 9.59 Å². The Hall–Kier alpha value is -3.75. The van der Waals surface area contributed by atoms with Crippen LogP contribution in [0, 0.1) is 0 Å². The monoisotopic (exact) mass is 580 g/mol. The zero-order chi connectivity index (χ0) is 28.4. The minimum Gasteiger partial charge on any atom is -0.497 e. The second-order valence-corrected chi connectivity index (χ2v) is 10.8. The lowest BCUT2D eigenvalue weighted by Crippen LogP contribution is -2.55. The van der Waals surface area contributed by atoms with Gasteiger partial charge in [0.25, 0.3) is 0 Å². The van der Waals surface area contributed by atoms with Crippen molar-refractivity contribution in [1.82, 2.24) is 15.1 Å². The summed E-state index contributed by atoms with van der Waals surface area (Å²) < 4.78 is 11.7. The van der Waals surface area contributed by atoms with E-state index in [-0.39, 0.29) is 24.6 Å². The van der Waals surface area contributed by atoms with Crippen molar-refractivity contribution >= 4 is 41.0 Å². The molecule has 0 spiro atoms. The van der Waals surface area contributed by atoms with Crippen LogP contribution in [0.3, 0.4) is 0 Å². The molecule has 1 N–H and O–H groups in total. The molecule has 3 aromatic rings. The number of amides is 3. The van der Waals surface area contributed by atoms with Crippen LogP contribution in [0.5, 0.6) is 11.5 Å². The van der Waals surface area contributed by atoms with Crippen molar-refractivity contribution < 1.29 is 19.1 Å². The first kappa shape index (κ1) is 27.8. The number of aliphatic imine (C=N–C) groups is 1. The van der Waals surface area contributed by atoms with Crippen LogP contribution in [0.2, 0.25) is 10.0 Å². The minimum atomic E-state index is -0.528. The van der Waals surface area contributed by atoms with Gasteiger partial charge >= 0.3 is 6.03 Å². The molecule has 2 aliphatic heterocycles. The molecule has 2 atom stereocenters. The predicted molar refractivity (Wildman–Crippen MR) is 155 cm³/mol. The third-order valence-corrected chi connectivity index (χ3v) is 7.30. The molecule has 0 bridgehead atoms. The lowest BCUT2D eigenvalue weighted by atomic mass is 9.93. The number of rotatable bonds is 6. The summed E-state index contributed by atoms with van der Waals surface area (Å²) in [7, 11) is 1.59. The van der Waals surface area contributed by atoms with Gasteiger partial charge in [-0.3, -0.25) is 14.7 Å². The molecule has 5 rings (SSSR count). The molecule has 0 saturated carbocycles. The minimum absolute atomic E-state index is 0.0421. The molecular weight excluding hydrogens is 551 g/mol. The molecule has 0 radical (unpaired) electrons. The molecule has 40 heavy (non-hydrogen) atoms. The van der Waals surface area contributed by atoms with Gasteiger partial charge in [0.05, 0.1) is 24.8 Å². The van der Waals surface area contributed by atoms with Crippen LogP contribution in [-0.2, 0) is 4.79 Å². The highest BCUT2D eigenvalue weighted by molar-refractivity contribution is 6.30. The maximum atomic E-state index is 14.3. The third kappa shape index (κ3) is 5.74. The van der Waals surface area contributed by atoms with E-state index in [0.29, 0.717) is 46.0 Å². The lowest BCUT2D eigenvalue weighted by molar-refractivity contribution is -0.123. The van der Waals surface area contributed by atoms with E-state index >= 15 is 0 Å². The highest BCUT2D eigenvalue weighted by Gasteiger charge is 2.45. The summed E-state index contributed by atoms with van der Waals surface area (Å²) in [5, 5.41) is 3.97. The summed E-state index contributed by atoms with van der Waals surface area (Å²) in [6.45, 7) is 4.58. The number of urea groups is 1. The molecular formula is C30H30Cl2N4O4. The Balaban J connectivity index is 1.71. The van der Waals surface area contributed by atoms with Gasteiger partial charge in [0, 0.05) is 29.2 Å². The van der Waals surface area contributed by atoms with Gasteiger partial charge in [-0.05, 0) is 61.4 Å². The standard InChI is InChI=1S/C30H30Cl2N4O4/c1-18(2)40-25-16-23(39-3)12-13-24(25)29-34-27(19-4-8-21(31)9-5-19)28(20-6-10-22(32)11-7-20)36(29)30(38)35-15-14-33-26(37)17-35/h4-13,16,18,27-28H,14-15,17H2,1-3H3,(H,33,37)/t27-,28-/m1/s1. The number of piperazine rings is 1. The van der Waals surface area contributed by atoms with E-state index in [4.69, 9.17) is 37.7 Å². The summed E-state index contributed by atoms with van der Waals surface area (Å²) in [4.78, 5) is 35.0. The molecule has 3 amide bonds. The van der Waals surface area contributed by atoms with E-state index in [0.717, 1.165) is 11.1 Å². The molecule has 208 valence electrons. The first-order valence-corrected chi connectivity index (χ1v) is 13.8. The lowest BCUT2D eigenvalue weighted by Gasteiger charge is -2.36. The van der Waals surface area contributed by atoms with Gasteiger partial charge in [0.2, 0.25) is 5.91 Å². The summed E-state index contributed by atoms with van der Waals surface area (Å²) in [6, 6.07) is 19.0. The number of nitrogens with one attached hydrogen (secondary N) is 1. The third-order valence-electron chi connectivity index (χ3n) is 6.80. The Morgan fingerprint density at radius 1 is 1.00 bits per heavy atom. The number of methoxy groups -OCH3 is 1. The van der Waals surface area contributed by atoms with E-state index in [1.807, 2.05) is 62.4 Å². The first-order chi connectivity index (χ1) is 19.2. The van der Waals surface area contributed by atoms with Crippen molar-refractivity contribution in [3.63, 3.8) is 0 Å². The topological polar surface area (TPSA) is 83.5 Å².